The van der Waals surface area contributed by atoms with E-state index < -0.39 is 11.6 Å². The number of nitriles is 1. The van der Waals surface area contributed by atoms with Gasteiger partial charge in [0.25, 0.3) is 0 Å². The summed E-state index contributed by atoms with van der Waals surface area (Å²) in [5.74, 6) is -1.10. The highest BCUT2D eigenvalue weighted by molar-refractivity contribution is 9.10. The van der Waals surface area contributed by atoms with E-state index in [9.17, 15) is 9.18 Å². The molecule has 1 rings (SSSR count). The molecule has 0 aliphatic heterocycles. The summed E-state index contributed by atoms with van der Waals surface area (Å²) in [4.78, 5) is 11.1. The van der Waals surface area contributed by atoms with Crippen molar-refractivity contribution < 1.29 is 9.18 Å². The van der Waals surface area contributed by atoms with E-state index in [1.807, 2.05) is 0 Å². The molecular weight excluding hydrogens is 237 g/mol. The van der Waals surface area contributed by atoms with Gasteiger partial charge in [-0.3, -0.25) is 4.79 Å². The van der Waals surface area contributed by atoms with Crippen LogP contribution in [0.3, 0.4) is 0 Å². The lowest BCUT2D eigenvalue weighted by molar-refractivity contribution is 0.0994. The molecule has 0 saturated heterocycles. The Kier molecular flexibility index (Phi) is 3.15. The monoisotopic (exact) mass is 241 g/mol. The molecule has 0 unspecified atom stereocenters. The van der Waals surface area contributed by atoms with Crippen molar-refractivity contribution in [2.24, 2.45) is 0 Å². The molecule has 0 amide bonds. The van der Waals surface area contributed by atoms with E-state index in [-0.39, 0.29) is 12.0 Å². The van der Waals surface area contributed by atoms with Crippen molar-refractivity contribution >= 4 is 21.7 Å². The first-order valence-electron chi connectivity index (χ1n) is 3.50. The molecule has 0 aromatic heterocycles. The maximum Gasteiger partial charge on any atom is 0.179 e. The molecule has 2 nitrogen and oxygen atoms in total. The third-order valence-electron chi connectivity index (χ3n) is 1.47. The lowest BCUT2D eigenvalue weighted by Gasteiger charge is -1.98. The van der Waals surface area contributed by atoms with Gasteiger partial charge in [0.2, 0.25) is 0 Å². The Morgan fingerprint density at radius 1 is 1.62 bits per heavy atom. The van der Waals surface area contributed by atoms with Crippen LogP contribution in [0, 0.1) is 17.1 Å². The van der Waals surface area contributed by atoms with E-state index in [2.05, 4.69) is 15.9 Å². The molecular formula is C9H5BrFNO. The molecule has 1 aromatic rings. The van der Waals surface area contributed by atoms with Crippen LogP contribution in [0.25, 0.3) is 0 Å². The van der Waals surface area contributed by atoms with Crippen LogP contribution in [0.15, 0.2) is 22.7 Å². The van der Waals surface area contributed by atoms with Crippen molar-refractivity contribution in [1.82, 2.24) is 0 Å². The van der Waals surface area contributed by atoms with E-state index in [1.165, 1.54) is 12.1 Å². The molecule has 0 spiro atoms. The van der Waals surface area contributed by atoms with Crippen LogP contribution in [-0.4, -0.2) is 5.78 Å². The first-order valence-corrected chi connectivity index (χ1v) is 4.29. The molecule has 0 heterocycles. The average molecular weight is 242 g/mol. The normalized spacial score (nSPS) is 9.31. The van der Waals surface area contributed by atoms with E-state index in [0.29, 0.717) is 4.47 Å². The third-order valence-corrected chi connectivity index (χ3v) is 1.96. The number of carbonyl (C=O) groups is 1. The molecule has 0 atom stereocenters. The summed E-state index contributed by atoms with van der Waals surface area (Å²) in [7, 11) is 0. The van der Waals surface area contributed by atoms with Gasteiger partial charge in [-0.2, -0.15) is 5.26 Å². The predicted octanol–water partition coefficient (Wildman–Crippen LogP) is 2.68. The van der Waals surface area contributed by atoms with Crippen LogP contribution in [0.5, 0.6) is 0 Å². The summed E-state index contributed by atoms with van der Waals surface area (Å²) in [6.45, 7) is 0. The Balaban J connectivity index is 3.03. The molecule has 0 saturated carbocycles. The second kappa shape index (κ2) is 4.15. The van der Waals surface area contributed by atoms with E-state index in [4.69, 9.17) is 5.26 Å². The van der Waals surface area contributed by atoms with Gasteiger partial charge in [-0.25, -0.2) is 4.39 Å². The number of hydrogen-bond acceptors (Lipinski definition) is 2. The number of hydrogen-bond donors (Lipinski definition) is 0. The third kappa shape index (κ3) is 2.36. The SMILES string of the molecule is N#CCC(=O)c1ccc(Br)cc1F. The standard InChI is InChI=1S/C9H5BrFNO/c10-6-1-2-7(8(11)5-6)9(13)3-4-12/h1-2,5H,3H2. The van der Waals surface area contributed by atoms with Gasteiger partial charge >= 0.3 is 0 Å². The molecule has 1 aromatic carbocycles. The van der Waals surface area contributed by atoms with Crippen LogP contribution in [-0.2, 0) is 0 Å². The summed E-state index contributed by atoms with van der Waals surface area (Å²) in [6.07, 6.45) is -0.293. The van der Waals surface area contributed by atoms with Gasteiger partial charge in [0.05, 0.1) is 18.1 Å². The van der Waals surface area contributed by atoms with Crippen LogP contribution in [0.1, 0.15) is 16.8 Å². The molecule has 0 fully saturated rings. The Labute approximate surface area is 83.1 Å². The van der Waals surface area contributed by atoms with Crippen molar-refractivity contribution in [3.05, 3.63) is 34.1 Å². The van der Waals surface area contributed by atoms with E-state index in [0.717, 1.165) is 0 Å². The highest BCUT2D eigenvalue weighted by Gasteiger charge is 2.10. The maximum absolute atomic E-state index is 13.1. The van der Waals surface area contributed by atoms with Gasteiger partial charge in [0.1, 0.15) is 5.82 Å². The average Bonchev–Trinajstić information content (AvgIpc) is 2.04. The largest absolute Gasteiger partial charge is 0.293 e. The smallest absolute Gasteiger partial charge is 0.179 e. The number of benzene rings is 1. The summed E-state index contributed by atoms with van der Waals surface area (Å²) < 4.78 is 13.6. The van der Waals surface area contributed by atoms with Gasteiger partial charge in [-0.15, -0.1) is 0 Å². The van der Waals surface area contributed by atoms with Crippen LogP contribution < -0.4 is 0 Å². The van der Waals surface area contributed by atoms with Crippen molar-refractivity contribution in [1.29, 1.82) is 5.26 Å². The number of Topliss-reactive ketones (excluding diaryl/α,β-unsaturated/α-hetero) is 1. The first kappa shape index (κ1) is 9.87. The Morgan fingerprint density at radius 2 is 2.31 bits per heavy atom. The zero-order chi connectivity index (χ0) is 9.84. The molecule has 0 N–H and O–H groups in total. The summed E-state index contributed by atoms with van der Waals surface area (Å²) in [5.41, 5.74) is -0.0373. The quantitative estimate of drug-likeness (QED) is 0.748. The van der Waals surface area contributed by atoms with Crippen molar-refractivity contribution in [2.75, 3.05) is 0 Å². The molecule has 0 aliphatic carbocycles. The zero-order valence-electron chi connectivity index (χ0n) is 6.55. The lowest BCUT2D eigenvalue weighted by atomic mass is 10.1. The van der Waals surface area contributed by atoms with E-state index in [1.54, 1.807) is 12.1 Å². The lowest BCUT2D eigenvalue weighted by Crippen LogP contribution is -2.00. The zero-order valence-corrected chi connectivity index (χ0v) is 8.14. The molecule has 66 valence electrons. The Morgan fingerprint density at radius 3 is 2.85 bits per heavy atom. The maximum atomic E-state index is 13.1. The predicted molar refractivity (Wildman–Crippen MR) is 48.7 cm³/mol. The highest BCUT2D eigenvalue weighted by atomic mass is 79.9. The van der Waals surface area contributed by atoms with Crippen LogP contribution >= 0.6 is 15.9 Å². The summed E-state index contributed by atoms with van der Waals surface area (Å²) >= 11 is 3.07. The number of nitrogens with zero attached hydrogens (tertiary/aromatic N) is 1. The van der Waals surface area contributed by atoms with Gasteiger partial charge in [0, 0.05) is 4.47 Å². The highest BCUT2D eigenvalue weighted by Crippen LogP contribution is 2.16. The van der Waals surface area contributed by atoms with Crippen molar-refractivity contribution in [3.63, 3.8) is 0 Å². The molecule has 0 radical (unpaired) electrons. The molecule has 0 bridgehead atoms. The topological polar surface area (TPSA) is 40.9 Å². The van der Waals surface area contributed by atoms with E-state index >= 15 is 0 Å². The molecule has 4 heteroatoms. The fourth-order valence-electron chi connectivity index (χ4n) is 0.883. The second-order valence-electron chi connectivity index (χ2n) is 2.38. The number of ketones is 1. The second-order valence-corrected chi connectivity index (χ2v) is 3.30. The number of carbonyl (C=O) groups excluding carboxylic acids is 1. The minimum absolute atomic E-state index is 0.0373. The summed E-state index contributed by atoms with van der Waals surface area (Å²) in [6, 6.07) is 5.80. The first-order chi connectivity index (χ1) is 6.15. The molecule has 13 heavy (non-hydrogen) atoms. The van der Waals surface area contributed by atoms with Crippen molar-refractivity contribution in [3.8, 4) is 6.07 Å². The minimum Gasteiger partial charge on any atom is -0.293 e. The number of halogens is 2. The Hall–Kier alpha value is -1.21. The Bertz CT molecular complexity index is 384. The van der Waals surface area contributed by atoms with Crippen molar-refractivity contribution in [2.45, 2.75) is 6.42 Å². The van der Waals surface area contributed by atoms with Gasteiger partial charge in [-0.05, 0) is 18.2 Å². The number of rotatable bonds is 2. The summed E-state index contributed by atoms with van der Waals surface area (Å²) in [5, 5.41) is 8.24. The fourth-order valence-corrected chi connectivity index (χ4v) is 1.22. The van der Waals surface area contributed by atoms with Gasteiger partial charge < -0.3 is 0 Å². The van der Waals surface area contributed by atoms with Crippen LogP contribution in [0.2, 0.25) is 0 Å². The minimum atomic E-state index is -0.602. The van der Waals surface area contributed by atoms with Gasteiger partial charge in [-0.1, -0.05) is 15.9 Å². The van der Waals surface area contributed by atoms with Crippen LogP contribution in [0.4, 0.5) is 4.39 Å². The fraction of sp³-hybridized carbons (Fsp3) is 0.111. The van der Waals surface area contributed by atoms with Gasteiger partial charge in [0.15, 0.2) is 5.78 Å². The molecule has 0 aliphatic rings.